The van der Waals surface area contributed by atoms with Crippen LogP contribution in [0.2, 0.25) is 0 Å². The highest BCUT2D eigenvalue weighted by Crippen LogP contribution is 2.28. The highest BCUT2D eigenvalue weighted by atomic mass is 32.2. The lowest BCUT2D eigenvalue weighted by Crippen LogP contribution is -1.75. The Kier molecular flexibility index (Phi) is 5.50. The largest absolute Gasteiger partial charge is 0.123 e. The molecule has 0 unspecified atom stereocenters. The van der Waals surface area contributed by atoms with Gasteiger partial charge in [0.1, 0.15) is 0 Å². The Bertz CT molecular complexity index is 99.5. The molecule has 0 bridgehead atoms. The summed E-state index contributed by atoms with van der Waals surface area (Å²) in [5.41, 5.74) is 1.51. The smallest absolute Gasteiger partial charge is 0.0384 e. The number of hydrogen-bond donors (Lipinski definition) is 0. The lowest BCUT2D eigenvalue weighted by Gasteiger charge is -2.02. The van der Waals surface area contributed by atoms with Gasteiger partial charge in [0.2, 0.25) is 0 Å². The standard InChI is InChI=1S/C7H14S2/c1-5-6(2)7(8-3)9-4/h5H2,1-4H3. The maximum absolute atomic E-state index is 2.20. The molecule has 0 amide bonds. The van der Waals surface area contributed by atoms with Crippen LogP contribution >= 0.6 is 23.5 Å². The summed E-state index contributed by atoms with van der Waals surface area (Å²) >= 11 is 3.69. The first-order chi connectivity index (χ1) is 4.26. The van der Waals surface area contributed by atoms with Gasteiger partial charge in [-0.3, -0.25) is 0 Å². The molecule has 0 fully saturated rings. The van der Waals surface area contributed by atoms with Crippen molar-refractivity contribution in [3.63, 3.8) is 0 Å². The minimum Gasteiger partial charge on any atom is -0.123 e. The van der Waals surface area contributed by atoms with Crippen molar-refractivity contribution in [2.45, 2.75) is 20.3 Å². The van der Waals surface area contributed by atoms with Gasteiger partial charge in [0.15, 0.2) is 0 Å². The molecule has 2 heteroatoms. The SMILES string of the molecule is CCC(C)=C(SC)SC. The van der Waals surface area contributed by atoms with E-state index in [0.29, 0.717) is 0 Å². The lowest BCUT2D eigenvalue weighted by molar-refractivity contribution is 1.10. The fourth-order valence-electron chi connectivity index (χ4n) is 0.576. The fourth-order valence-corrected chi connectivity index (χ4v) is 2.23. The van der Waals surface area contributed by atoms with Gasteiger partial charge in [0, 0.05) is 4.24 Å². The zero-order valence-electron chi connectivity index (χ0n) is 6.52. The average molecular weight is 162 g/mol. The first-order valence-electron chi connectivity index (χ1n) is 3.04. The molecule has 0 saturated heterocycles. The molecule has 0 aliphatic rings. The molecule has 0 aromatic rings. The van der Waals surface area contributed by atoms with E-state index in [1.165, 1.54) is 16.2 Å². The van der Waals surface area contributed by atoms with Crippen molar-refractivity contribution in [2.75, 3.05) is 12.5 Å². The second-order valence-corrected chi connectivity index (χ2v) is 3.72. The summed E-state index contributed by atoms with van der Waals surface area (Å²) in [6.07, 6.45) is 5.44. The van der Waals surface area contributed by atoms with Crippen molar-refractivity contribution in [1.82, 2.24) is 0 Å². The fraction of sp³-hybridized carbons (Fsp3) is 0.714. The van der Waals surface area contributed by atoms with Gasteiger partial charge in [-0.15, -0.1) is 23.5 Å². The first-order valence-corrected chi connectivity index (χ1v) is 5.48. The van der Waals surface area contributed by atoms with Crippen LogP contribution in [0.1, 0.15) is 20.3 Å². The molecule has 0 rings (SSSR count). The molecule has 0 aromatic heterocycles. The van der Waals surface area contributed by atoms with Crippen molar-refractivity contribution in [3.05, 3.63) is 9.81 Å². The van der Waals surface area contributed by atoms with E-state index < -0.39 is 0 Å². The Labute approximate surface area is 66.5 Å². The molecule has 54 valence electrons. The topological polar surface area (TPSA) is 0 Å². The third-order valence-corrected chi connectivity index (χ3v) is 3.69. The maximum atomic E-state index is 2.20. The highest BCUT2D eigenvalue weighted by Gasteiger charge is 1.95. The summed E-state index contributed by atoms with van der Waals surface area (Å²) in [7, 11) is 0. The molecular formula is C7H14S2. The number of allylic oxidation sites excluding steroid dienone is 1. The van der Waals surface area contributed by atoms with E-state index in [4.69, 9.17) is 0 Å². The molecule has 0 aliphatic heterocycles. The van der Waals surface area contributed by atoms with E-state index >= 15 is 0 Å². The van der Waals surface area contributed by atoms with Crippen LogP contribution < -0.4 is 0 Å². The monoisotopic (exact) mass is 162 g/mol. The summed E-state index contributed by atoms with van der Waals surface area (Å²) in [4.78, 5) is 0. The van der Waals surface area contributed by atoms with Crippen LogP contribution in [0.25, 0.3) is 0 Å². The van der Waals surface area contributed by atoms with E-state index in [1.54, 1.807) is 0 Å². The van der Waals surface area contributed by atoms with Crippen molar-refractivity contribution in [2.24, 2.45) is 0 Å². The van der Waals surface area contributed by atoms with Crippen molar-refractivity contribution in [3.8, 4) is 0 Å². The van der Waals surface area contributed by atoms with Crippen LogP contribution in [0.4, 0.5) is 0 Å². The third kappa shape index (κ3) is 3.21. The summed E-state index contributed by atoms with van der Waals surface area (Å²) < 4.78 is 1.47. The Morgan fingerprint density at radius 1 is 1.22 bits per heavy atom. The number of rotatable bonds is 3. The molecular weight excluding hydrogens is 148 g/mol. The third-order valence-electron chi connectivity index (χ3n) is 1.25. The van der Waals surface area contributed by atoms with Crippen LogP contribution in [0.5, 0.6) is 0 Å². The predicted molar refractivity (Wildman–Crippen MR) is 50.0 cm³/mol. The molecule has 0 saturated carbocycles. The predicted octanol–water partition coefficient (Wildman–Crippen LogP) is 3.35. The van der Waals surface area contributed by atoms with Crippen molar-refractivity contribution >= 4 is 23.5 Å². The van der Waals surface area contributed by atoms with E-state index in [9.17, 15) is 0 Å². The molecule has 0 N–H and O–H groups in total. The van der Waals surface area contributed by atoms with E-state index in [-0.39, 0.29) is 0 Å². The van der Waals surface area contributed by atoms with Crippen LogP contribution in [-0.2, 0) is 0 Å². The summed E-state index contributed by atoms with van der Waals surface area (Å²) in [6, 6.07) is 0. The normalized spacial score (nSPS) is 9.33. The van der Waals surface area contributed by atoms with Gasteiger partial charge in [0.25, 0.3) is 0 Å². The highest BCUT2D eigenvalue weighted by molar-refractivity contribution is 8.21. The Morgan fingerprint density at radius 3 is 1.78 bits per heavy atom. The second kappa shape index (κ2) is 5.24. The van der Waals surface area contributed by atoms with Gasteiger partial charge >= 0.3 is 0 Å². The number of hydrogen-bond acceptors (Lipinski definition) is 2. The molecule has 0 heterocycles. The van der Waals surface area contributed by atoms with E-state index in [2.05, 4.69) is 26.4 Å². The quantitative estimate of drug-likeness (QED) is 0.624. The first kappa shape index (κ1) is 9.44. The van der Waals surface area contributed by atoms with E-state index in [0.717, 1.165) is 0 Å². The van der Waals surface area contributed by atoms with Gasteiger partial charge < -0.3 is 0 Å². The van der Waals surface area contributed by atoms with Crippen molar-refractivity contribution in [1.29, 1.82) is 0 Å². The minimum absolute atomic E-state index is 1.18. The minimum atomic E-state index is 1.18. The van der Waals surface area contributed by atoms with Gasteiger partial charge in [-0.25, -0.2) is 0 Å². The van der Waals surface area contributed by atoms with Crippen LogP contribution in [-0.4, -0.2) is 12.5 Å². The van der Waals surface area contributed by atoms with Gasteiger partial charge in [0.05, 0.1) is 0 Å². The molecule has 0 nitrogen and oxygen atoms in total. The van der Waals surface area contributed by atoms with Crippen LogP contribution in [0.15, 0.2) is 9.81 Å². The van der Waals surface area contributed by atoms with Gasteiger partial charge in [-0.2, -0.15) is 0 Å². The van der Waals surface area contributed by atoms with Crippen LogP contribution in [0.3, 0.4) is 0 Å². The van der Waals surface area contributed by atoms with Crippen LogP contribution in [0, 0.1) is 0 Å². The lowest BCUT2D eigenvalue weighted by atomic mass is 10.3. The summed E-state index contributed by atoms with van der Waals surface area (Å²) in [5.74, 6) is 0. The zero-order chi connectivity index (χ0) is 7.28. The molecule has 9 heavy (non-hydrogen) atoms. The average Bonchev–Trinajstić information content (AvgIpc) is 1.90. The molecule has 0 aliphatic carbocycles. The molecule has 0 radical (unpaired) electrons. The summed E-state index contributed by atoms with van der Waals surface area (Å²) in [6.45, 7) is 4.39. The maximum Gasteiger partial charge on any atom is 0.0384 e. The Morgan fingerprint density at radius 2 is 1.67 bits per heavy atom. The molecule has 0 spiro atoms. The van der Waals surface area contributed by atoms with Crippen molar-refractivity contribution < 1.29 is 0 Å². The number of thioether (sulfide) groups is 2. The molecule has 0 aromatic carbocycles. The summed E-state index contributed by atoms with van der Waals surface area (Å²) in [5, 5.41) is 0. The molecule has 0 atom stereocenters. The zero-order valence-corrected chi connectivity index (χ0v) is 8.16. The Balaban J connectivity index is 4.01. The Hall–Kier alpha value is 0.440. The van der Waals surface area contributed by atoms with E-state index in [1.807, 2.05) is 23.5 Å². The second-order valence-electron chi connectivity index (χ2n) is 1.83. The van der Waals surface area contributed by atoms with Gasteiger partial charge in [-0.05, 0) is 25.9 Å². The van der Waals surface area contributed by atoms with Gasteiger partial charge in [-0.1, -0.05) is 12.5 Å².